The fourth-order valence-corrected chi connectivity index (χ4v) is 2.32. The molecular weight excluding hydrogens is 196 g/mol. The van der Waals surface area contributed by atoms with E-state index < -0.39 is 0 Å². The van der Waals surface area contributed by atoms with Crippen LogP contribution >= 0.6 is 0 Å². The molecule has 0 aliphatic carbocycles. The van der Waals surface area contributed by atoms with Crippen molar-refractivity contribution in [2.45, 2.75) is 66.3 Å². The first-order valence-corrected chi connectivity index (χ1v) is 6.80. The lowest BCUT2D eigenvalue weighted by Crippen LogP contribution is -2.53. The van der Waals surface area contributed by atoms with Gasteiger partial charge < -0.3 is 5.73 Å². The second-order valence-corrected chi connectivity index (χ2v) is 6.03. The van der Waals surface area contributed by atoms with Gasteiger partial charge in [0.1, 0.15) is 0 Å². The van der Waals surface area contributed by atoms with Gasteiger partial charge in [-0.1, -0.05) is 41.5 Å². The highest BCUT2D eigenvalue weighted by atomic mass is 15.2. The molecule has 0 saturated heterocycles. The molecule has 0 unspecified atom stereocenters. The van der Waals surface area contributed by atoms with Crippen molar-refractivity contribution >= 4 is 0 Å². The molecule has 2 nitrogen and oxygen atoms in total. The Bertz CT molecular complexity index is 169. The van der Waals surface area contributed by atoms with Crippen LogP contribution in [0.15, 0.2) is 0 Å². The first-order valence-electron chi connectivity index (χ1n) is 6.80. The van der Waals surface area contributed by atoms with Crippen LogP contribution in [-0.4, -0.2) is 30.1 Å². The number of nitrogens with zero attached hydrogens (tertiary/aromatic N) is 1. The normalized spacial score (nSPS) is 13.5. The molecule has 0 aromatic heterocycles. The second-order valence-electron chi connectivity index (χ2n) is 6.03. The van der Waals surface area contributed by atoms with Crippen molar-refractivity contribution in [3.05, 3.63) is 0 Å². The first-order chi connectivity index (χ1) is 7.35. The van der Waals surface area contributed by atoms with Gasteiger partial charge in [-0.3, -0.25) is 4.90 Å². The van der Waals surface area contributed by atoms with Gasteiger partial charge in [-0.25, -0.2) is 0 Å². The van der Waals surface area contributed by atoms with E-state index >= 15 is 0 Å². The molecule has 0 radical (unpaired) electrons. The van der Waals surface area contributed by atoms with E-state index in [2.05, 4.69) is 46.4 Å². The third kappa shape index (κ3) is 4.42. The molecule has 0 atom stereocenters. The molecular formula is C14H32N2. The summed E-state index contributed by atoms with van der Waals surface area (Å²) in [5, 5.41) is 0. The van der Waals surface area contributed by atoms with E-state index in [1.807, 2.05) is 0 Å². The van der Waals surface area contributed by atoms with E-state index in [9.17, 15) is 0 Å². The largest absolute Gasteiger partial charge is 0.329 e. The van der Waals surface area contributed by atoms with Gasteiger partial charge >= 0.3 is 0 Å². The van der Waals surface area contributed by atoms with Crippen molar-refractivity contribution in [3.63, 3.8) is 0 Å². The molecule has 0 amide bonds. The lowest BCUT2D eigenvalue weighted by Gasteiger charge is -2.43. The molecule has 2 heteroatoms. The molecule has 0 aromatic rings. The molecule has 0 aliphatic heterocycles. The van der Waals surface area contributed by atoms with Gasteiger partial charge in [-0.2, -0.15) is 0 Å². The van der Waals surface area contributed by atoms with Crippen LogP contribution in [-0.2, 0) is 0 Å². The minimum atomic E-state index is 0.222. The molecule has 0 heterocycles. The molecule has 0 bridgehead atoms. The zero-order valence-corrected chi connectivity index (χ0v) is 12.3. The van der Waals surface area contributed by atoms with Crippen LogP contribution in [0.2, 0.25) is 0 Å². The minimum Gasteiger partial charge on any atom is -0.329 e. The van der Waals surface area contributed by atoms with Crippen LogP contribution in [0, 0.1) is 5.41 Å². The molecule has 16 heavy (non-hydrogen) atoms. The summed E-state index contributed by atoms with van der Waals surface area (Å²) < 4.78 is 0. The Kier molecular flexibility index (Phi) is 6.57. The summed E-state index contributed by atoms with van der Waals surface area (Å²) in [6.07, 6.45) is 3.54. The zero-order chi connectivity index (χ0) is 12.8. The maximum Gasteiger partial charge on any atom is 0.0326 e. The Balaban J connectivity index is 4.56. The Morgan fingerprint density at radius 2 is 1.50 bits per heavy atom. The van der Waals surface area contributed by atoms with Crippen LogP contribution in [0.5, 0.6) is 0 Å². The van der Waals surface area contributed by atoms with E-state index in [0.717, 1.165) is 25.9 Å². The molecule has 0 aliphatic rings. The summed E-state index contributed by atoms with van der Waals surface area (Å²) in [6, 6.07) is 0. The number of hydrogen-bond donors (Lipinski definition) is 1. The molecule has 0 aromatic carbocycles. The molecule has 98 valence electrons. The number of likely N-dealkylation sites (N-methyl/N-ethyl adjacent to an activating group) is 1. The van der Waals surface area contributed by atoms with Crippen molar-refractivity contribution in [2.75, 3.05) is 19.6 Å². The summed E-state index contributed by atoms with van der Waals surface area (Å²) in [5.74, 6) is 0. The van der Waals surface area contributed by atoms with Gasteiger partial charge in [-0.05, 0) is 37.8 Å². The van der Waals surface area contributed by atoms with Gasteiger partial charge in [0.2, 0.25) is 0 Å². The number of hydrogen-bond acceptors (Lipinski definition) is 2. The predicted molar refractivity (Wildman–Crippen MR) is 73.7 cm³/mol. The lowest BCUT2D eigenvalue weighted by molar-refractivity contribution is 0.0783. The van der Waals surface area contributed by atoms with Crippen molar-refractivity contribution in [2.24, 2.45) is 11.1 Å². The third-order valence-corrected chi connectivity index (χ3v) is 3.88. The van der Waals surface area contributed by atoms with E-state index in [-0.39, 0.29) is 5.54 Å². The Hall–Kier alpha value is -0.0800. The third-order valence-electron chi connectivity index (χ3n) is 3.88. The van der Waals surface area contributed by atoms with Crippen LogP contribution < -0.4 is 5.73 Å². The van der Waals surface area contributed by atoms with Gasteiger partial charge in [0.05, 0.1) is 0 Å². The molecule has 0 rings (SSSR count). The Labute approximate surface area is 103 Å². The van der Waals surface area contributed by atoms with Crippen LogP contribution in [0.25, 0.3) is 0 Å². The summed E-state index contributed by atoms with van der Waals surface area (Å²) in [5.41, 5.74) is 6.64. The number of nitrogens with two attached hydrogens (primary N) is 1. The van der Waals surface area contributed by atoms with E-state index in [4.69, 9.17) is 5.73 Å². The monoisotopic (exact) mass is 228 g/mol. The van der Waals surface area contributed by atoms with Gasteiger partial charge in [0.25, 0.3) is 0 Å². The van der Waals surface area contributed by atoms with Gasteiger partial charge in [0.15, 0.2) is 0 Å². The highest BCUT2D eigenvalue weighted by Crippen LogP contribution is 2.26. The Morgan fingerprint density at radius 1 is 1.00 bits per heavy atom. The Morgan fingerprint density at radius 3 is 1.75 bits per heavy atom. The first kappa shape index (κ1) is 15.9. The molecule has 0 saturated carbocycles. The van der Waals surface area contributed by atoms with Crippen LogP contribution in [0.4, 0.5) is 0 Å². The van der Waals surface area contributed by atoms with E-state index in [1.54, 1.807) is 0 Å². The maximum absolute atomic E-state index is 6.00. The summed E-state index contributed by atoms with van der Waals surface area (Å²) in [7, 11) is 0. The highest BCUT2D eigenvalue weighted by molar-refractivity contribution is 4.89. The molecule has 0 spiro atoms. The van der Waals surface area contributed by atoms with Crippen LogP contribution in [0.3, 0.4) is 0 Å². The van der Waals surface area contributed by atoms with Crippen molar-refractivity contribution in [3.8, 4) is 0 Å². The highest BCUT2D eigenvalue weighted by Gasteiger charge is 2.31. The fourth-order valence-electron chi connectivity index (χ4n) is 2.32. The molecule has 0 fully saturated rings. The minimum absolute atomic E-state index is 0.222. The number of rotatable bonds is 7. The van der Waals surface area contributed by atoms with E-state index in [1.165, 1.54) is 13.0 Å². The van der Waals surface area contributed by atoms with E-state index in [0.29, 0.717) is 5.41 Å². The van der Waals surface area contributed by atoms with Crippen LogP contribution in [0.1, 0.15) is 60.8 Å². The SMILES string of the molecule is CCN(CCC(C)(C)C)C(CC)(CC)CN. The van der Waals surface area contributed by atoms with Crippen molar-refractivity contribution < 1.29 is 0 Å². The summed E-state index contributed by atoms with van der Waals surface area (Å²) >= 11 is 0. The molecule has 2 N–H and O–H groups in total. The maximum atomic E-state index is 6.00. The lowest BCUT2D eigenvalue weighted by atomic mass is 9.87. The second kappa shape index (κ2) is 6.61. The average Bonchev–Trinajstić information content (AvgIpc) is 2.23. The van der Waals surface area contributed by atoms with Crippen molar-refractivity contribution in [1.82, 2.24) is 4.90 Å². The van der Waals surface area contributed by atoms with Gasteiger partial charge in [0, 0.05) is 12.1 Å². The quantitative estimate of drug-likeness (QED) is 0.724. The fraction of sp³-hybridized carbons (Fsp3) is 1.00. The summed E-state index contributed by atoms with van der Waals surface area (Å²) in [6.45, 7) is 16.7. The zero-order valence-electron chi connectivity index (χ0n) is 12.3. The smallest absolute Gasteiger partial charge is 0.0326 e. The standard InChI is InChI=1S/C14H32N2/c1-7-14(8-2,12-15)16(9-3)11-10-13(4,5)6/h7-12,15H2,1-6H3. The van der Waals surface area contributed by atoms with Crippen molar-refractivity contribution in [1.29, 1.82) is 0 Å². The average molecular weight is 228 g/mol. The summed E-state index contributed by atoms with van der Waals surface area (Å²) in [4.78, 5) is 2.58. The topological polar surface area (TPSA) is 29.3 Å². The van der Waals surface area contributed by atoms with Gasteiger partial charge in [-0.15, -0.1) is 0 Å². The predicted octanol–water partition coefficient (Wildman–Crippen LogP) is 3.26.